The molecule has 0 spiro atoms. The molecule has 0 aliphatic rings. The summed E-state index contributed by atoms with van der Waals surface area (Å²) in [5.74, 6) is -0.404. The first-order chi connectivity index (χ1) is 12.7. The van der Waals surface area contributed by atoms with E-state index in [0.717, 1.165) is 10.4 Å². The highest BCUT2D eigenvalue weighted by atomic mass is 32.1. The summed E-state index contributed by atoms with van der Waals surface area (Å²) in [6.07, 6.45) is 1.68. The van der Waals surface area contributed by atoms with Gasteiger partial charge in [-0.2, -0.15) is 0 Å². The van der Waals surface area contributed by atoms with Crippen molar-refractivity contribution in [1.82, 2.24) is 25.0 Å². The van der Waals surface area contributed by atoms with Gasteiger partial charge in [0.15, 0.2) is 5.13 Å². The molecule has 0 bridgehead atoms. The SMILES string of the molecule is O=C(Cn1nnc2ccccc2c1=O)Nc1nc(-c2ccccn2)cs1. The van der Waals surface area contributed by atoms with Crippen molar-refractivity contribution in [3.63, 3.8) is 0 Å². The average molecular weight is 364 g/mol. The lowest BCUT2D eigenvalue weighted by Crippen LogP contribution is -2.30. The first kappa shape index (κ1) is 16.0. The number of hydrogen-bond donors (Lipinski definition) is 1. The van der Waals surface area contributed by atoms with E-state index < -0.39 is 5.91 Å². The molecule has 0 unspecified atom stereocenters. The molecule has 26 heavy (non-hydrogen) atoms. The molecule has 4 rings (SSSR count). The second-order valence-electron chi connectivity index (χ2n) is 5.37. The zero-order chi connectivity index (χ0) is 17.9. The lowest BCUT2D eigenvalue weighted by atomic mass is 10.2. The summed E-state index contributed by atoms with van der Waals surface area (Å²) in [6, 6.07) is 12.4. The van der Waals surface area contributed by atoms with Crippen molar-refractivity contribution >= 4 is 33.3 Å². The number of amides is 1. The highest BCUT2D eigenvalue weighted by Crippen LogP contribution is 2.22. The second-order valence-corrected chi connectivity index (χ2v) is 6.23. The number of carbonyl (C=O) groups excluding carboxylic acids is 1. The van der Waals surface area contributed by atoms with Crippen LogP contribution >= 0.6 is 11.3 Å². The van der Waals surface area contributed by atoms with Gasteiger partial charge in [0.1, 0.15) is 17.8 Å². The second kappa shape index (κ2) is 6.81. The predicted molar refractivity (Wildman–Crippen MR) is 97.8 cm³/mol. The van der Waals surface area contributed by atoms with Crippen LogP contribution in [0.25, 0.3) is 22.3 Å². The Hall–Kier alpha value is -3.46. The number of hydrogen-bond acceptors (Lipinski definition) is 7. The third kappa shape index (κ3) is 3.20. The Morgan fingerprint density at radius 1 is 1.12 bits per heavy atom. The van der Waals surface area contributed by atoms with Gasteiger partial charge in [0.2, 0.25) is 5.91 Å². The molecule has 0 aliphatic carbocycles. The maximum atomic E-state index is 12.4. The highest BCUT2D eigenvalue weighted by molar-refractivity contribution is 7.14. The maximum absolute atomic E-state index is 12.4. The molecule has 1 N–H and O–H groups in total. The zero-order valence-corrected chi connectivity index (χ0v) is 14.2. The summed E-state index contributed by atoms with van der Waals surface area (Å²) >= 11 is 1.28. The maximum Gasteiger partial charge on any atom is 0.278 e. The minimum Gasteiger partial charge on any atom is -0.300 e. The van der Waals surface area contributed by atoms with Crippen LogP contribution < -0.4 is 10.9 Å². The van der Waals surface area contributed by atoms with Crippen LogP contribution in [0.1, 0.15) is 0 Å². The van der Waals surface area contributed by atoms with Crippen LogP contribution in [0.15, 0.2) is 58.8 Å². The van der Waals surface area contributed by atoms with E-state index in [-0.39, 0.29) is 12.1 Å². The summed E-state index contributed by atoms with van der Waals surface area (Å²) in [7, 11) is 0. The van der Waals surface area contributed by atoms with E-state index >= 15 is 0 Å². The summed E-state index contributed by atoms with van der Waals surface area (Å²) in [6.45, 7) is -0.241. The van der Waals surface area contributed by atoms with E-state index in [2.05, 4.69) is 25.6 Å². The van der Waals surface area contributed by atoms with Crippen LogP contribution in [0.5, 0.6) is 0 Å². The molecule has 1 amide bonds. The van der Waals surface area contributed by atoms with Crippen LogP contribution in [0, 0.1) is 0 Å². The van der Waals surface area contributed by atoms with E-state index in [9.17, 15) is 9.59 Å². The van der Waals surface area contributed by atoms with Crippen LogP contribution in [0.3, 0.4) is 0 Å². The van der Waals surface area contributed by atoms with Crippen LogP contribution in [0.2, 0.25) is 0 Å². The fraction of sp³-hybridized carbons (Fsp3) is 0.0588. The monoisotopic (exact) mass is 364 g/mol. The molecule has 9 heteroatoms. The average Bonchev–Trinajstić information content (AvgIpc) is 3.13. The number of carbonyl (C=O) groups is 1. The molecule has 128 valence electrons. The van der Waals surface area contributed by atoms with Crippen LogP contribution in [-0.2, 0) is 11.3 Å². The Morgan fingerprint density at radius 3 is 2.81 bits per heavy atom. The number of rotatable bonds is 4. The summed E-state index contributed by atoms with van der Waals surface area (Å²) in [5, 5.41) is 13.1. The van der Waals surface area contributed by atoms with E-state index in [0.29, 0.717) is 21.7 Å². The molecule has 0 saturated carbocycles. The fourth-order valence-corrected chi connectivity index (χ4v) is 3.11. The molecule has 0 atom stereocenters. The summed E-state index contributed by atoms with van der Waals surface area (Å²) < 4.78 is 1.03. The molecule has 3 aromatic heterocycles. The Morgan fingerprint density at radius 2 is 1.96 bits per heavy atom. The Kier molecular flexibility index (Phi) is 4.20. The quantitative estimate of drug-likeness (QED) is 0.594. The molecular formula is C17H12N6O2S. The van der Waals surface area contributed by atoms with Gasteiger partial charge in [-0.15, -0.1) is 16.4 Å². The van der Waals surface area contributed by atoms with Crippen LogP contribution in [-0.4, -0.2) is 30.9 Å². The number of benzene rings is 1. The normalized spacial score (nSPS) is 10.8. The predicted octanol–water partition coefficient (Wildman–Crippen LogP) is 1.95. The lowest BCUT2D eigenvalue weighted by molar-refractivity contribution is -0.117. The molecule has 0 aliphatic heterocycles. The summed E-state index contributed by atoms with van der Waals surface area (Å²) in [5.41, 5.74) is 1.53. The number of thiazole rings is 1. The van der Waals surface area contributed by atoms with E-state index in [1.165, 1.54) is 11.3 Å². The first-order valence-corrected chi connectivity index (χ1v) is 8.58. The Balaban J connectivity index is 1.51. The number of pyridine rings is 1. The Labute approximate surface area is 151 Å². The Bertz CT molecular complexity index is 1140. The van der Waals surface area contributed by atoms with E-state index in [1.54, 1.807) is 35.8 Å². The third-order valence-electron chi connectivity index (χ3n) is 3.60. The van der Waals surface area contributed by atoms with E-state index in [1.807, 2.05) is 18.2 Å². The van der Waals surface area contributed by atoms with Gasteiger partial charge in [0, 0.05) is 11.6 Å². The van der Waals surface area contributed by atoms with Crippen LogP contribution in [0.4, 0.5) is 5.13 Å². The van der Waals surface area contributed by atoms with Gasteiger partial charge in [-0.25, -0.2) is 9.67 Å². The topological polar surface area (TPSA) is 103 Å². The van der Waals surface area contributed by atoms with E-state index in [4.69, 9.17) is 0 Å². The molecule has 4 aromatic rings. The van der Waals surface area contributed by atoms with Gasteiger partial charge in [-0.1, -0.05) is 23.4 Å². The highest BCUT2D eigenvalue weighted by Gasteiger charge is 2.12. The van der Waals surface area contributed by atoms with Crippen molar-refractivity contribution in [1.29, 1.82) is 0 Å². The number of aromatic nitrogens is 5. The van der Waals surface area contributed by atoms with Gasteiger partial charge in [-0.05, 0) is 24.3 Å². The standard InChI is InChI=1S/C17H12N6O2S/c24-15(9-23-16(25)11-5-1-2-6-12(11)21-22-23)20-17-19-14(10-26-17)13-7-3-4-8-18-13/h1-8,10H,9H2,(H,19,20,24). The first-order valence-electron chi connectivity index (χ1n) is 7.70. The minimum absolute atomic E-state index is 0.241. The van der Waals surface area contributed by atoms with Crippen molar-refractivity contribution in [2.45, 2.75) is 6.54 Å². The molecule has 3 heterocycles. The number of nitrogens with one attached hydrogen (secondary N) is 1. The summed E-state index contributed by atoms with van der Waals surface area (Å²) in [4.78, 5) is 33.1. The van der Waals surface area contributed by atoms with Gasteiger partial charge in [0.25, 0.3) is 5.56 Å². The van der Waals surface area contributed by atoms with Crippen molar-refractivity contribution in [2.75, 3.05) is 5.32 Å². The zero-order valence-electron chi connectivity index (χ0n) is 13.4. The number of fused-ring (bicyclic) bond motifs is 1. The number of nitrogens with zero attached hydrogens (tertiary/aromatic N) is 5. The molecule has 1 aromatic carbocycles. The molecular weight excluding hydrogens is 352 g/mol. The molecule has 0 saturated heterocycles. The third-order valence-corrected chi connectivity index (χ3v) is 4.36. The van der Waals surface area contributed by atoms with Crippen molar-refractivity contribution < 1.29 is 4.79 Å². The van der Waals surface area contributed by atoms with Gasteiger partial charge >= 0.3 is 0 Å². The minimum atomic E-state index is -0.404. The largest absolute Gasteiger partial charge is 0.300 e. The fourth-order valence-electron chi connectivity index (χ4n) is 2.38. The molecule has 0 fully saturated rings. The van der Waals surface area contributed by atoms with Gasteiger partial charge in [-0.3, -0.25) is 14.6 Å². The van der Waals surface area contributed by atoms with Gasteiger partial charge in [0.05, 0.1) is 11.1 Å². The van der Waals surface area contributed by atoms with Crippen molar-refractivity contribution in [2.24, 2.45) is 0 Å². The molecule has 0 radical (unpaired) electrons. The molecule has 8 nitrogen and oxygen atoms in total. The lowest BCUT2D eigenvalue weighted by Gasteiger charge is -2.04. The van der Waals surface area contributed by atoms with Crippen molar-refractivity contribution in [3.8, 4) is 11.4 Å². The number of anilines is 1. The smallest absolute Gasteiger partial charge is 0.278 e. The van der Waals surface area contributed by atoms with Crippen molar-refractivity contribution in [3.05, 3.63) is 64.4 Å². The van der Waals surface area contributed by atoms with Gasteiger partial charge < -0.3 is 5.32 Å².